The smallest absolute Gasteiger partial charge is 0.272 e. The van der Waals surface area contributed by atoms with Crippen molar-refractivity contribution in [1.29, 1.82) is 5.26 Å². The van der Waals surface area contributed by atoms with Crippen molar-refractivity contribution in [2.75, 3.05) is 13.2 Å². The van der Waals surface area contributed by atoms with Crippen LogP contribution in [0.15, 0.2) is 53.6 Å². The first-order chi connectivity index (χ1) is 15.1. The lowest BCUT2D eigenvalue weighted by Crippen LogP contribution is -2.27. The van der Waals surface area contributed by atoms with Crippen molar-refractivity contribution >= 4 is 5.91 Å². The van der Waals surface area contributed by atoms with Crippen molar-refractivity contribution in [2.24, 2.45) is 0 Å². The molecule has 2 N–H and O–H groups in total. The molecule has 3 heterocycles. The van der Waals surface area contributed by atoms with Gasteiger partial charge in [-0.15, -0.1) is 0 Å². The van der Waals surface area contributed by atoms with Crippen LogP contribution in [0.4, 0.5) is 0 Å². The predicted molar refractivity (Wildman–Crippen MR) is 115 cm³/mol. The first-order valence-electron chi connectivity index (χ1n) is 10.3. The lowest BCUT2D eigenvalue weighted by molar-refractivity contribution is 0.0907. The Morgan fingerprint density at radius 2 is 2.13 bits per heavy atom. The predicted octanol–water partition coefficient (Wildman–Crippen LogP) is 2.59. The van der Waals surface area contributed by atoms with Crippen LogP contribution in [0.25, 0.3) is 16.9 Å². The number of pyridine rings is 1. The second kappa shape index (κ2) is 9.41. The van der Waals surface area contributed by atoms with Crippen molar-refractivity contribution in [1.82, 2.24) is 20.1 Å². The molecule has 1 fully saturated rings. The Balaban J connectivity index is 1.42. The number of carbonyl (C=O) groups excluding carboxylic acids is 1. The number of rotatable bonds is 7. The first kappa shape index (κ1) is 20.6. The van der Waals surface area contributed by atoms with Gasteiger partial charge in [0.1, 0.15) is 0 Å². The third kappa shape index (κ3) is 4.90. The van der Waals surface area contributed by atoms with E-state index in [1.165, 1.54) is 10.9 Å². The summed E-state index contributed by atoms with van der Waals surface area (Å²) >= 11 is 0. The number of hydrogen-bond acceptors (Lipinski definition) is 5. The average Bonchev–Trinajstić information content (AvgIpc) is 3.44. The van der Waals surface area contributed by atoms with Gasteiger partial charge in [0.25, 0.3) is 11.5 Å². The molecule has 1 saturated heterocycles. The largest absolute Gasteiger partial charge is 0.378 e. The Morgan fingerprint density at radius 1 is 1.29 bits per heavy atom. The number of H-pyrrole nitrogens is 1. The van der Waals surface area contributed by atoms with Crippen molar-refractivity contribution in [3.05, 3.63) is 70.3 Å². The molecule has 0 bridgehead atoms. The van der Waals surface area contributed by atoms with Crippen LogP contribution in [0.1, 0.15) is 35.2 Å². The van der Waals surface area contributed by atoms with Crippen LogP contribution in [0.5, 0.6) is 0 Å². The highest BCUT2D eigenvalue weighted by molar-refractivity contribution is 5.93. The number of benzene rings is 1. The summed E-state index contributed by atoms with van der Waals surface area (Å²) < 4.78 is 7.08. The Morgan fingerprint density at radius 3 is 2.81 bits per heavy atom. The second-order valence-corrected chi connectivity index (χ2v) is 7.47. The Labute approximate surface area is 179 Å². The van der Waals surface area contributed by atoms with Gasteiger partial charge in [-0.25, -0.2) is 9.67 Å². The second-order valence-electron chi connectivity index (χ2n) is 7.47. The van der Waals surface area contributed by atoms with Gasteiger partial charge in [0, 0.05) is 25.5 Å². The van der Waals surface area contributed by atoms with Crippen molar-refractivity contribution in [3.8, 4) is 23.0 Å². The minimum absolute atomic E-state index is 0.184. The topological polar surface area (TPSA) is 113 Å². The van der Waals surface area contributed by atoms with Crippen molar-refractivity contribution < 1.29 is 9.53 Å². The molecule has 0 spiro atoms. The highest BCUT2D eigenvalue weighted by atomic mass is 16.5. The summed E-state index contributed by atoms with van der Waals surface area (Å²) in [6.07, 6.45) is 6.67. The minimum Gasteiger partial charge on any atom is -0.378 e. The summed E-state index contributed by atoms with van der Waals surface area (Å²) in [5.74, 6) is 0.316. The van der Waals surface area contributed by atoms with Gasteiger partial charge >= 0.3 is 0 Å². The standard InChI is InChI=1S/C23H23N5O3/c24-11-9-16-3-5-17(6-4-16)20-15-28(27-23(20)30)21-8-7-18(14-26-21)22(29)25-12-10-19-2-1-13-31-19/h3-8,14-15,19H,1-2,9-10,12-13H2,(H,25,29)(H,27,30). The number of aromatic nitrogens is 3. The molecule has 1 amide bonds. The molecule has 1 aliphatic heterocycles. The summed E-state index contributed by atoms with van der Waals surface area (Å²) in [5, 5.41) is 14.4. The molecular weight excluding hydrogens is 394 g/mol. The number of nitrogens with zero attached hydrogens (tertiary/aromatic N) is 3. The zero-order valence-electron chi connectivity index (χ0n) is 17.0. The maximum atomic E-state index is 12.4. The minimum atomic E-state index is -0.245. The number of nitrogens with one attached hydrogen (secondary N) is 2. The van der Waals surface area contributed by atoms with E-state index in [2.05, 4.69) is 21.5 Å². The summed E-state index contributed by atoms with van der Waals surface area (Å²) in [4.78, 5) is 29.0. The number of hydrogen-bond donors (Lipinski definition) is 2. The number of aromatic amines is 1. The van der Waals surface area contributed by atoms with E-state index in [0.717, 1.165) is 37.0 Å². The van der Waals surface area contributed by atoms with Gasteiger partial charge in [0.05, 0.1) is 29.7 Å². The van der Waals surface area contributed by atoms with E-state index in [0.29, 0.717) is 29.9 Å². The Hall–Kier alpha value is -3.70. The van der Waals surface area contributed by atoms with E-state index >= 15 is 0 Å². The molecule has 1 atom stereocenters. The molecule has 2 aromatic heterocycles. The fourth-order valence-corrected chi connectivity index (χ4v) is 3.60. The monoisotopic (exact) mass is 417 g/mol. The maximum Gasteiger partial charge on any atom is 0.272 e. The fraction of sp³-hybridized carbons (Fsp3) is 0.304. The van der Waals surface area contributed by atoms with E-state index in [9.17, 15) is 9.59 Å². The van der Waals surface area contributed by atoms with Crippen LogP contribution in [-0.4, -0.2) is 39.9 Å². The summed E-state index contributed by atoms with van der Waals surface area (Å²) in [7, 11) is 0. The van der Waals surface area contributed by atoms with Gasteiger partial charge in [-0.1, -0.05) is 24.3 Å². The molecule has 31 heavy (non-hydrogen) atoms. The Bertz CT molecular complexity index is 1130. The van der Waals surface area contributed by atoms with Crippen LogP contribution in [0.2, 0.25) is 0 Å². The molecule has 0 saturated carbocycles. The molecule has 4 rings (SSSR count). The molecule has 8 heteroatoms. The van der Waals surface area contributed by atoms with E-state index < -0.39 is 0 Å². The molecule has 0 aliphatic carbocycles. The third-order valence-electron chi connectivity index (χ3n) is 5.31. The molecule has 3 aromatic rings. The van der Waals surface area contributed by atoms with Gasteiger partial charge in [0.15, 0.2) is 5.82 Å². The summed E-state index contributed by atoms with van der Waals surface area (Å²) in [6, 6.07) is 12.8. The lowest BCUT2D eigenvalue weighted by atomic mass is 10.1. The quantitative estimate of drug-likeness (QED) is 0.614. The number of carbonyl (C=O) groups is 1. The lowest BCUT2D eigenvalue weighted by Gasteiger charge is -2.10. The molecule has 8 nitrogen and oxygen atoms in total. The normalized spacial score (nSPS) is 15.5. The summed E-state index contributed by atoms with van der Waals surface area (Å²) in [5.41, 5.74) is 2.36. The highest BCUT2D eigenvalue weighted by Gasteiger charge is 2.16. The van der Waals surface area contributed by atoms with Crippen LogP contribution in [0, 0.1) is 11.3 Å². The van der Waals surface area contributed by atoms with Crippen molar-refractivity contribution in [2.45, 2.75) is 31.8 Å². The molecule has 158 valence electrons. The molecule has 0 radical (unpaired) electrons. The number of nitriles is 1. The Kier molecular flexibility index (Phi) is 6.24. The number of amides is 1. The van der Waals surface area contributed by atoms with Gasteiger partial charge in [-0.05, 0) is 42.5 Å². The zero-order valence-corrected chi connectivity index (χ0v) is 17.0. The average molecular weight is 417 g/mol. The van der Waals surface area contributed by atoms with E-state index in [-0.39, 0.29) is 17.6 Å². The van der Waals surface area contributed by atoms with E-state index in [1.807, 2.05) is 24.3 Å². The number of ether oxygens (including phenoxy) is 1. The van der Waals surface area contributed by atoms with E-state index in [1.54, 1.807) is 18.3 Å². The molecular formula is C23H23N5O3. The van der Waals surface area contributed by atoms with Crippen molar-refractivity contribution in [3.63, 3.8) is 0 Å². The van der Waals surface area contributed by atoms with Crippen LogP contribution in [-0.2, 0) is 11.2 Å². The molecule has 1 unspecified atom stereocenters. The maximum absolute atomic E-state index is 12.4. The van der Waals surface area contributed by atoms with Crippen LogP contribution in [0.3, 0.4) is 0 Å². The fourth-order valence-electron chi connectivity index (χ4n) is 3.60. The zero-order chi connectivity index (χ0) is 21.6. The SMILES string of the molecule is N#CCc1ccc(-c2cn(-c3ccc(C(=O)NCCC4CCCO4)cn3)[nH]c2=O)cc1. The third-order valence-corrected chi connectivity index (χ3v) is 5.31. The van der Waals surface area contributed by atoms with Gasteiger partial charge < -0.3 is 10.1 Å². The van der Waals surface area contributed by atoms with Gasteiger partial charge in [-0.3, -0.25) is 14.7 Å². The van der Waals surface area contributed by atoms with Crippen LogP contribution < -0.4 is 10.9 Å². The molecule has 1 aromatic carbocycles. The van der Waals surface area contributed by atoms with Gasteiger partial charge in [-0.2, -0.15) is 5.26 Å². The highest BCUT2D eigenvalue weighted by Crippen LogP contribution is 2.18. The molecule has 1 aliphatic rings. The van der Waals surface area contributed by atoms with E-state index in [4.69, 9.17) is 10.00 Å². The summed E-state index contributed by atoms with van der Waals surface area (Å²) in [6.45, 7) is 1.37. The van der Waals surface area contributed by atoms with Gasteiger partial charge in [0.2, 0.25) is 0 Å². The van der Waals surface area contributed by atoms with Crippen LogP contribution >= 0.6 is 0 Å². The first-order valence-corrected chi connectivity index (χ1v) is 10.3.